The van der Waals surface area contributed by atoms with E-state index in [1.54, 1.807) is 6.20 Å². The summed E-state index contributed by atoms with van der Waals surface area (Å²) in [5.74, 6) is 6.12. The van der Waals surface area contributed by atoms with Crippen molar-refractivity contribution in [1.29, 1.82) is 0 Å². The minimum Gasteiger partial charge on any atom is -0.378 e. The molecule has 2 rings (SSSR count). The van der Waals surface area contributed by atoms with Crippen LogP contribution in [-0.2, 0) is 11.8 Å². The number of nitrogens with one attached hydrogen (secondary N) is 1. The highest BCUT2D eigenvalue weighted by Crippen LogP contribution is 2.33. The highest BCUT2D eigenvalue weighted by Gasteiger charge is 2.35. The minimum absolute atomic E-state index is 0.125. The SMILES string of the molecule is CCC1OCCC1C(NN)c1ccnn1C. The van der Waals surface area contributed by atoms with Crippen molar-refractivity contribution in [2.24, 2.45) is 18.8 Å². The van der Waals surface area contributed by atoms with Crippen LogP contribution in [0.3, 0.4) is 0 Å². The molecule has 1 aliphatic rings. The van der Waals surface area contributed by atoms with Crippen LogP contribution >= 0.6 is 0 Å². The summed E-state index contributed by atoms with van der Waals surface area (Å²) in [5.41, 5.74) is 4.03. The Morgan fingerprint density at radius 1 is 1.75 bits per heavy atom. The summed E-state index contributed by atoms with van der Waals surface area (Å²) in [4.78, 5) is 0. The van der Waals surface area contributed by atoms with E-state index in [1.165, 1.54) is 0 Å². The number of nitrogens with zero attached hydrogens (tertiary/aromatic N) is 2. The van der Waals surface area contributed by atoms with Gasteiger partial charge in [-0.05, 0) is 18.9 Å². The molecule has 90 valence electrons. The van der Waals surface area contributed by atoms with E-state index >= 15 is 0 Å². The summed E-state index contributed by atoms with van der Waals surface area (Å²) in [6.45, 7) is 2.99. The van der Waals surface area contributed by atoms with Crippen LogP contribution in [0, 0.1) is 5.92 Å². The smallest absolute Gasteiger partial charge is 0.0682 e. The van der Waals surface area contributed by atoms with Gasteiger partial charge in [-0.2, -0.15) is 5.10 Å². The van der Waals surface area contributed by atoms with Gasteiger partial charge in [0.1, 0.15) is 0 Å². The number of rotatable bonds is 4. The van der Waals surface area contributed by atoms with Crippen molar-refractivity contribution in [3.8, 4) is 0 Å². The number of hydrogen-bond donors (Lipinski definition) is 2. The van der Waals surface area contributed by atoms with Crippen molar-refractivity contribution in [3.05, 3.63) is 18.0 Å². The van der Waals surface area contributed by atoms with Gasteiger partial charge in [-0.25, -0.2) is 0 Å². The van der Waals surface area contributed by atoms with Crippen LogP contribution in [0.15, 0.2) is 12.3 Å². The second-order valence-electron chi connectivity index (χ2n) is 4.29. The fraction of sp³-hybridized carbons (Fsp3) is 0.727. The monoisotopic (exact) mass is 224 g/mol. The van der Waals surface area contributed by atoms with Crippen LogP contribution < -0.4 is 11.3 Å². The third kappa shape index (κ3) is 1.98. The summed E-state index contributed by atoms with van der Waals surface area (Å²) in [6.07, 6.45) is 4.19. The topological polar surface area (TPSA) is 65.1 Å². The van der Waals surface area contributed by atoms with Crippen LogP contribution in [0.1, 0.15) is 31.5 Å². The first-order valence-electron chi connectivity index (χ1n) is 5.83. The zero-order valence-electron chi connectivity index (χ0n) is 9.89. The van der Waals surface area contributed by atoms with Gasteiger partial charge < -0.3 is 4.74 Å². The highest BCUT2D eigenvalue weighted by atomic mass is 16.5. The molecule has 5 heteroatoms. The Bertz CT molecular complexity index is 338. The van der Waals surface area contributed by atoms with Crippen molar-refractivity contribution in [1.82, 2.24) is 15.2 Å². The molecule has 1 aliphatic heterocycles. The molecule has 2 heterocycles. The third-order valence-electron chi connectivity index (χ3n) is 3.45. The van der Waals surface area contributed by atoms with Crippen LogP contribution in [0.25, 0.3) is 0 Å². The summed E-state index contributed by atoms with van der Waals surface area (Å²) < 4.78 is 7.58. The Morgan fingerprint density at radius 2 is 2.56 bits per heavy atom. The zero-order chi connectivity index (χ0) is 11.5. The number of hydrazine groups is 1. The van der Waals surface area contributed by atoms with E-state index in [0.717, 1.165) is 25.1 Å². The van der Waals surface area contributed by atoms with Gasteiger partial charge >= 0.3 is 0 Å². The first-order valence-corrected chi connectivity index (χ1v) is 5.83. The molecule has 0 aliphatic carbocycles. The Labute approximate surface area is 95.9 Å². The predicted octanol–water partition coefficient (Wildman–Crippen LogP) is 0.740. The van der Waals surface area contributed by atoms with Gasteiger partial charge in [-0.15, -0.1) is 0 Å². The van der Waals surface area contributed by atoms with E-state index in [1.807, 2.05) is 17.8 Å². The van der Waals surface area contributed by atoms with Crippen LogP contribution in [-0.4, -0.2) is 22.5 Å². The molecule has 3 atom stereocenters. The van der Waals surface area contributed by atoms with Crippen molar-refractivity contribution in [2.45, 2.75) is 31.9 Å². The fourth-order valence-corrected chi connectivity index (χ4v) is 2.58. The lowest BCUT2D eigenvalue weighted by atomic mass is 9.89. The number of aromatic nitrogens is 2. The second-order valence-corrected chi connectivity index (χ2v) is 4.29. The van der Waals surface area contributed by atoms with Crippen LogP contribution in [0.4, 0.5) is 0 Å². The van der Waals surface area contributed by atoms with E-state index in [2.05, 4.69) is 17.4 Å². The molecule has 16 heavy (non-hydrogen) atoms. The van der Waals surface area contributed by atoms with Gasteiger partial charge in [-0.1, -0.05) is 6.92 Å². The molecule has 0 spiro atoms. The second kappa shape index (κ2) is 4.95. The average Bonchev–Trinajstić information content (AvgIpc) is 2.90. The van der Waals surface area contributed by atoms with E-state index in [9.17, 15) is 0 Å². The molecule has 0 aromatic carbocycles. The van der Waals surface area contributed by atoms with Gasteiger partial charge in [0.15, 0.2) is 0 Å². The number of aryl methyl sites for hydroxylation is 1. The van der Waals surface area contributed by atoms with E-state index < -0.39 is 0 Å². The Balaban J connectivity index is 2.19. The zero-order valence-corrected chi connectivity index (χ0v) is 9.89. The molecule has 0 saturated carbocycles. The molecule has 0 radical (unpaired) electrons. The summed E-state index contributed by atoms with van der Waals surface area (Å²) in [6, 6.07) is 2.13. The largest absolute Gasteiger partial charge is 0.378 e. The summed E-state index contributed by atoms with van der Waals surface area (Å²) >= 11 is 0. The molecular formula is C11H20N4O. The van der Waals surface area contributed by atoms with Gasteiger partial charge in [0.25, 0.3) is 0 Å². The summed E-state index contributed by atoms with van der Waals surface area (Å²) in [7, 11) is 1.94. The van der Waals surface area contributed by atoms with Gasteiger partial charge in [0.2, 0.25) is 0 Å². The van der Waals surface area contributed by atoms with Crippen LogP contribution in [0.5, 0.6) is 0 Å². The average molecular weight is 224 g/mol. The van der Waals surface area contributed by atoms with Crippen molar-refractivity contribution < 1.29 is 4.74 Å². The van der Waals surface area contributed by atoms with Crippen molar-refractivity contribution in [3.63, 3.8) is 0 Å². The lowest BCUT2D eigenvalue weighted by molar-refractivity contribution is 0.0765. The molecule has 0 amide bonds. The highest BCUT2D eigenvalue weighted by molar-refractivity contribution is 5.09. The van der Waals surface area contributed by atoms with Crippen molar-refractivity contribution >= 4 is 0 Å². The maximum atomic E-state index is 5.71. The molecule has 1 saturated heterocycles. The molecule has 3 unspecified atom stereocenters. The van der Waals surface area contributed by atoms with Gasteiger partial charge in [0.05, 0.1) is 17.8 Å². The molecule has 0 bridgehead atoms. The van der Waals surface area contributed by atoms with Gasteiger partial charge in [0, 0.05) is 25.8 Å². The van der Waals surface area contributed by atoms with E-state index in [0.29, 0.717) is 12.0 Å². The Kier molecular flexibility index (Phi) is 3.58. The third-order valence-corrected chi connectivity index (χ3v) is 3.45. The standard InChI is InChI=1S/C11H20N4O/c1-3-10-8(5-7-16-10)11(14-12)9-4-6-13-15(9)2/h4,6,8,10-11,14H,3,5,7,12H2,1-2H3. The molecule has 1 fully saturated rings. The quantitative estimate of drug-likeness (QED) is 0.585. The van der Waals surface area contributed by atoms with Crippen molar-refractivity contribution in [2.75, 3.05) is 6.61 Å². The molecule has 5 nitrogen and oxygen atoms in total. The van der Waals surface area contributed by atoms with E-state index in [-0.39, 0.29) is 6.04 Å². The maximum absolute atomic E-state index is 5.71. The molecule has 3 N–H and O–H groups in total. The van der Waals surface area contributed by atoms with Gasteiger partial charge in [-0.3, -0.25) is 16.0 Å². The maximum Gasteiger partial charge on any atom is 0.0682 e. The normalized spacial score (nSPS) is 27.2. The number of hydrogen-bond acceptors (Lipinski definition) is 4. The molecule has 1 aromatic rings. The van der Waals surface area contributed by atoms with Crippen LogP contribution in [0.2, 0.25) is 0 Å². The predicted molar refractivity (Wildman–Crippen MR) is 61.4 cm³/mol. The Morgan fingerprint density at radius 3 is 3.12 bits per heavy atom. The minimum atomic E-state index is 0.125. The molecular weight excluding hydrogens is 204 g/mol. The Hall–Kier alpha value is -0.910. The number of ether oxygens (including phenoxy) is 1. The summed E-state index contributed by atoms with van der Waals surface area (Å²) in [5, 5.41) is 4.19. The van der Waals surface area contributed by atoms with E-state index in [4.69, 9.17) is 10.6 Å². The first kappa shape index (κ1) is 11.6. The lowest BCUT2D eigenvalue weighted by Gasteiger charge is -2.26. The first-order chi connectivity index (χ1) is 7.77. The molecule has 1 aromatic heterocycles. The lowest BCUT2D eigenvalue weighted by Crippen LogP contribution is -2.38. The number of nitrogens with two attached hydrogens (primary N) is 1. The fourth-order valence-electron chi connectivity index (χ4n) is 2.58.